The molecule has 0 saturated carbocycles. The third-order valence-electron chi connectivity index (χ3n) is 9.13. The molecule has 2 aromatic carbocycles. The number of imidazole rings is 1. The van der Waals surface area contributed by atoms with Gasteiger partial charge < -0.3 is 4.57 Å². The second-order valence-corrected chi connectivity index (χ2v) is 21.6. The van der Waals surface area contributed by atoms with Gasteiger partial charge in [0.2, 0.25) is 0 Å². The summed E-state index contributed by atoms with van der Waals surface area (Å²) in [6.45, 7) is 19.6. The van der Waals surface area contributed by atoms with Crippen LogP contribution >= 0.6 is 0 Å². The molecule has 1 heterocycles. The smallest absolute Gasteiger partial charge is 0.0602 e. The molecule has 35 heavy (non-hydrogen) atoms. The molecular formula is C30H45IrN2Si2-. The van der Waals surface area contributed by atoms with Gasteiger partial charge >= 0.3 is 0 Å². The Balaban J connectivity index is 0.00000432. The quantitative estimate of drug-likeness (QED) is 0.146. The van der Waals surface area contributed by atoms with Crippen LogP contribution in [-0.4, -0.2) is 25.7 Å². The predicted molar refractivity (Wildman–Crippen MR) is 154 cm³/mol. The van der Waals surface area contributed by atoms with Crippen LogP contribution in [0.1, 0.15) is 63.4 Å². The van der Waals surface area contributed by atoms with E-state index in [4.69, 9.17) is 4.98 Å². The maximum atomic E-state index is 4.71. The first-order valence-corrected chi connectivity index (χ1v) is 18.9. The third-order valence-corrected chi connectivity index (χ3v) is 24.4. The van der Waals surface area contributed by atoms with Crippen molar-refractivity contribution in [2.45, 2.75) is 96.8 Å². The second-order valence-electron chi connectivity index (χ2n) is 10.2. The van der Waals surface area contributed by atoms with E-state index in [1.165, 1.54) is 53.1 Å². The molecule has 0 bridgehead atoms. The summed E-state index contributed by atoms with van der Waals surface area (Å²) in [5.41, 5.74) is 6.71. The maximum absolute atomic E-state index is 4.71. The van der Waals surface area contributed by atoms with Crippen LogP contribution in [0.4, 0.5) is 0 Å². The molecule has 1 aromatic heterocycles. The maximum Gasteiger partial charge on any atom is 0.0602 e. The summed E-state index contributed by atoms with van der Waals surface area (Å²) in [5.74, 6) is 0.967. The van der Waals surface area contributed by atoms with Crippen molar-refractivity contribution in [3.63, 3.8) is 0 Å². The molecule has 0 fully saturated rings. The summed E-state index contributed by atoms with van der Waals surface area (Å²) in [4.78, 5) is 4.71. The van der Waals surface area contributed by atoms with Gasteiger partial charge in [0.1, 0.15) is 0 Å². The normalized spacial score (nSPS) is 12.1. The van der Waals surface area contributed by atoms with E-state index in [1.54, 1.807) is 5.56 Å². The molecule has 0 amide bonds. The van der Waals surface area contributed by atoms with Crippen molar-refractivity contribution in [1.82, 2.24) is 9.55 Å². The Kier molecular flexibility index (Phi) is 11.0. The molecule has 3 aromatic rings. The molecule has 193 valence electrons. The molecule has 0 aliphatic rings. The van der Waals surface area contributed by atoms with Gasteiger partial charge in [-0.05, 0) is 35.7 Å². The molecular weight excluding hydrogens is 637 g/mol. The monoisotopic (exact) mass is 682 g/mol. The summed E-state index contributed by atoms with van der Waals surface area (Å²) in [6.07, 6.45) is 4.02. The van der Waals surface area contributed by atoms with Crippen molar-refractivity contribution in [3.05, 3.63) is 71.5 Å². The van der Waals surface area contributed by atoms with Crippen LogP contribution in [0.3, 0.4) is 0 Å². The van der Waals surface area contributed by atoms with E-state index in [0.717, 1.165) is 16.6 Å². The van der Waals surface area contributed by atoms with Crippen molar-refractivity contribution >= 4 is 16.1 Å². The topological polar surface area (TPSA) is 17.8 Å². The minimum Gasteiger partial charge on any atom is -0.340 e. The largest absolute Gasteiger partial charge is 0.340 e. The number of benzene rings is 2. The van der Waals surface area contributed by atoms with Gasteiger partial charge in [0.05, 0.1) is 22.0 Å². The van der Waals surface area contributed by atoms with Crippen molar-refractivity contribution in [3.8, 4) is 17.1 Å². The van der Waals surface area contributed by atoms with Gasteiger partial charge in [0.15, 0.2) is 0 Å². The second kappa shape index (κ2) is 12.8. The van der Waals surface area contributed by atoms with E-state index in [-0.39, 0.29) is 20.1 Å². The number of hydrogen-bond donors (Lipinski definition) is 0. The third kappa shape index (κ3) is 5.54. The van der Waals surface area contributed by atoms with Crippen molar-refractivity contribution in [2.24, 2.45) is 0 Å². The zero-order valence-electron chi connectivity index (χ0n) is 23.2. The Labute approximate surface area is 230 Å². The van der Waals surface area contributed by atoms with E-state index >= 15 is 0 Å². The van der Waals surface area contributed by atoms with Gasteiger partial charge in [0, 0.05) is 38.2 Å². The molecule has 0 unspecified atom stereocenters. The Morgan fingerprint density at radius 1 is 0.829 bits per heavy atom. The van der Waals surface area contributed by atoms with Crippen LogP contribution in [0.5, 0.6) is 0 Å². The van der Waals surface area contributed by atoms with Gasteiger partial charge in [-0.25, -0.2) is 0 Å². The molecule has 3 rings (SSSR count). The van der Waals surface area contributed by atoms with Crippen molar-refractivity contribution in [2.75, 3.05) is 0 Å². The number of aryl methyl sites for hydroxylation is 2. The first-order chi connectivity index (χ1) is 16.4. The first kappa shape index (κ1) is 30.0. The first-order valence-electron chi connectivity index (χ1n) is 13.5. The summed E-state index contributed by atoms with van der Waals surface area (Å²) in [7, 11) is -2.88. The SMILES string of the molecule is CC[Si](CC)(CC)C(c1cc(C)c(-n2ccnc2-c2[c-]cccc2)c(C)c1)[Si](CC)(CC)CC.[Ir]. The van der Waals surface area contributed by atoms with E-state index in [2.05, 4.69) is 96.5 Å². The van der Waals surface area contributed by atoms with Crippen LogP contribution < -0.4 is 0 Å². The molecule has 0 atom stereocenters. The molecule has 0 spiro atoms. The van der Waals surface area contributed by atoms with Gasteiger partial charge in [-0.2, -0.15) is 0 Å². The van der Waals surface area contributed by atoms with Crippen LogP contribution in [0, 0.1) is 19.9 Å². The fraction of sp³-hybridized carbons (Fsp3) is 0.500. The zero-order chi connectivity index (χ0) is 24.9. The molecule has 0 N–H and O–H groups in total. The molecule has 0 aliphatic heterocycles. The molecule has 5 heteroatoms. The average molecular weight is 682 g/mol. The van der Waals surface area contributed by atoms with Crippen molar-refractivity contribution in [1.29, 1.82) is 0 Å². The average Bonchev–Trinajstić information content (AvgIpc) is 3.34. The molecule has 0 saturated heterocycles. The van der Waals surface area contributed by atoms with E-state index in [0.29, 0.717) is 0 Å². The standard InChI is InChI=1S/C30H45N2Si2.Ir/c1-9-33(10-2,11-3)30(34(12-4,13-5)14-6)27-22-24(7)28(25(8)23-27)32-21-20-31-29(32)26-18-16-15-17-19-26;/h15-18,20-23,30H,9-14H2,1-8H3;/q-1;. The van der Waals surface area contributed by atoms with Gasteiger partial charge in [-0.3, -0.25) is 4.98 Å². The van der Waals surface area contributed by atoms with E-state index in [1.807, 2.05) is 18.3 Å². The van der Waals surface area contributed by atoms with Gasteiger partial charge in [0.25, 0.3) is 0 Å². The summed E-state index contributed by atoms with van der Waals surface area (Å²) < 4.78 is 2.27. The minimum atomic E-state index is -1.44. The Morgan fingerprint density at radius 2 is 1.34 bits per heavy atom. The van der Waals surface area contributed by atoms with E-state index < -0.39 is 16.1 Å². The van der Waals surface area contributed by atoms with Crippen molar-refractivity contribution < 1.29 is 20.1 Å². The van der Waals surface area contributed by atoms with Crippen LogP contribution in [0.2, 0.25) is 36.3 Å². The predicted octanol–water partition coefficient (Wildman–Crippen LogP) is 9.13. The molecule has 2 nitrogen and oxygen atoms in total. The summed E-state index contributed by atoms with van der Waals surface area (Å²) >= 11 is 0. The van der Waals surface area contributed by atoms with Crippen LogP contribution in [0.25, 0.3) is 17.1 Å². The van der Waals surface area contributed by atoms with Gasteiger partial charge in [-0.1, -0.05) is 89.9 Å². The molecule has 1 radical (unpaired) electrons. The minimum absolute atomic E-state index is 0. The number of aromatic nitrogens is 2. The van der Waals surface area contributed by atoms with Gasteiger partial charge in [-0.15, -0.1) is 35.9 Å². The van der Waals surface area contributed by atoms with Crippen LogP contribution in [0.15, 0.2) is 48.8 Å². The van der Waals surface area contributed by atoms with Crippen LogP contribution in [-0.2, 0) is 20.1 Å². The Hall–Kier alpha value is -1.27. The molecule has 0 aliphatic carbocycles. The zero-order valence-corrected chi connectivity index (χ0v) is 27.6. The number of hydrogen-bond acceptors (Lipinski definition) is 1. The fourth-order valence-corrected chi connectivity index (χ4v) is 22.9. The number of nitrogens with zero attached hydrogens (tertiary/aromatic N) is 2. The number of rotatable bonds is 11. The summed E-state index contributed by atoms with van der Waals surface area (Å²) in [5, 5.41) is 0.830. The fourth-order valence-electron chi connectivity index (χ4n) is 6.83. The van der Waals surface area contributed by atoms with E-state index in [9.17, 15) is 0 Å². The summed E-state index contributed by atoms with van der Waals surface area (Å²) in [6, 6.07) is 25.0. The Bertz CT molecular complexity index is 1010. The Morgan fingerprint density at radius 3 is 1.77 bits per heavy atom.